The molecule has 5 heteroatoms. The monoisotopic (exact) mass is 307 g/mol. The molecule has 5 nitrogen and oxygen atoms in total. The first-order valence-electron chi connectivity index (χ1n) is 7.33. The van der Waals surface area contributed by atoms with Crippen molar-refractivity contribution in [2.45, 2.75) is 13.5 Å². The maximum absolute atomic E-state index is 12.4. The zero-order valence-electron chi connectivity index (χ0n) is 13.1. The highest BCUT2D eigenvalue weighted by Crippen LogP contribution is 2.16. The molecule has 1 amide bonds. The van der Waals surface area contributed by atoms with E-state index >= 15 is 0 Å². The predicted octanol–water partition coefficient (Wildman–Crippen LogP) is 3.32. The number of aromatic nitrogens is 2. The largest absolute Gasteiger partial charge is 0.337 e. The van der Waals surface area contributed by atoms with Crippen LogP contribution in [-0.4, -0.2) is 28.0 Å². The third-order valence-corrected chi connectivity index (χ3v) is 3.52. The molecule has 0 aliphatic carbocycles. The fourth-order valence-corrected chi connectivity index (χ4v) is 2.21. The molecular formula is C18H17N3O2. The molecule has 3 rings (SSSR count). The van der Waals surface area contributed by atoms with Crippen LogP contribution in [0.5, 0.6) is 0 Å². The molecule has 0 radical (unpaired) electrons. The van der Waals surface area contributed by atoms with Gasteiger partial charge in [-0.3, -0.25) is 4.79 Å². The standard InChI is InChI=1S/C18H17N3O2/c1-13-8-10-15(11-9-13)18(22)21(2)12-16-19-17(20-23-16)14-6-4-3-5-7-14/h3-11H,12H2,1-2H3. The number of benzene rings is 2. The van der Waals surface area contributed by atoms with Crippen molar-refractivity contribution in [3.8, 4) is 11.4 Å². The normalized spacial score (nSPS) is 10.5. The van der Waals surface area contributed by atoms with Crippen molar-refractivity contribution in [2.75, 3.05) is 7.05 Å². The zero-order valence-corrected chi connectivity index (χ0v) is 13.1. The lowest BCUT2D eigenvalue weighted by molar-refractivity contribution is 0.0769. The Kier molecular flexibility index (Phi) is 4.19. The third kappa shape index (κ3) is 3.45. The van der Waals surface area contributed by atoms with Gasteiger partial charge >= 0.3 is 0 Å². The number of carbonyl (C=O) groups is 1. The van der Waals surface area contributed by atoms with Gasteiger partial charge in [-0.1, -0.05) is 53.2 Å². The summed E-state index contributed by atoms with van der Waals surface area (Å²) in [5.41, 5.74) is 2.64. The van der Waals surface area contributed by atoms with Gasteiger partial charge in [0.15, 0.2) is 0 Å². The molecule has 1 aromatic heterocycles. The van der Waals surface area contributed by atoms with E-state index in [1.54, 1.807) is 11.9 Å². The highest BCUT2D eigenvalue weighted by Gasteiger charge is 2.16. The summed E-state index contributed by atoms with van der Waals surface area (Å²) in [6.45, 7) is 2.26. The summed E-state index contributed by atoms with van der Waals surface area (Å²) in [7, 11) is 1.72. The molecule has 0 N–H and O–H groups in total. The van der Waals surface area contributed by atoms with Gasteiger partial charge in [-0.05, 0) is 19.1 Å². The first-order chi connectivity index (χ1) is 11.1. The lowest BCUT2D eigenvalue weighted by atomic mass is 10.1. The van der Waals surface area contributed by atoms with Crippen molar-refractivity contribution in [3.05, 3.63) is 71.6 Å². The summed E-state index contributed by atoms with van der Waals surface area (Å²) < 4.78 is 5.24. The quantitative estimate of drug-likeness (QED) is 0.742. The van der Waals surface area contributed by atoms with Crippen LogP contribution in [0.4, 0.5) is 0 Å². The first-order valence-corrected chi connectivity index (χ1v) is 7.33. The van der Waals surface area contributed by atoms with Gasteiger partial charge in [0.1, 0.15) is 0 Å². The van der Waals surface area contributed by atoms with Crippen LogP contribution >= 0.6 is 0 Å². The number of hydrogen-bond donors (Lipinski definition) is 0. The van der Waals surface area contributed by atoms with Crippen molar-refractivity contribution < 1.29 is 9.32 Å². The zero-order chi connectivity index (χ0) is 16.2. The van der Waals surface area contributed by atoms with Crippen LogP contribution in [0.3, 0.4) is 0 Å². The second-order valence-electron chi connectivity index (χ2n) is 5.40. The Morgan fingerprint density at radius 3 is 2.48 bits per heavy atom. The van der Waals surface area contributed by atoms with Crippen LogP contribution in [0.25, 0.3) is 11.4 Å². The van der Waals surface area contributed by atoms with Crippen LogP contribution in [0.1, 0.15) is 21.8 Å². The number of carbonyl (C=O) groups excluding carboxylic acids is 1. The second kappa shape index (κ2) is 6.44. The van der Waals surface area contributed by atoms with Crippen LogP contribution < -0.4 is 0 Å². The molecule has 0 atom stereocenters. The minimum absolute atomic E-state index is 0.0792. The number of aryl methyl sites for hydroxylation is 1. The molecule has 3 aromatic rings. The van der Waals surface area contributed by atoms with E-state index in [-0.39, 0.29) is 12.5 Å². The van der Waals surface area contributed by atoms with Gasteiger partial charge in [-0.25, -0.2) is 0 Å². The minimum Gasteiger partial charge on any atom is -0.337 e. The smallest absolute Gasteiger partial charge is 0.254 e. The number of nitrogens with zero attached hydrogens (tertiary/aromatic N) is 3. The van der Waals surface area contributed by atoms with E-state index in [9.17, 15) is 4.79 Å². The molecule has 1 heterocycles. The van der Waals surface area contributed by atoms with Crippen molar-refractivity contribution in [3.63, 3.8) is 0 Å². The maximum Gasteiger partial charge on any atom is 0.254 e. The summed E-state index contributed by atoms with van der Waals surface area (Å²) in [6, 6.07) is 17.1. The van der Waals surface area contributed by atoms with E-state index in [1.165, 1.54) is 0 Å². The molecule has 116 valence electrons. The molecule has 0 bridgehead atoms. The van der Waals surface area contributed by atoms with Gasteiger partial charge < -0.3 is 9.42 Å². The van der Waals surface area contributed by atoms with Crippen LogP contribution in [-0.2, 0) is 6.54 Å². The summed E-state index contributed by atoms with van der Waals surface area (Å²) in [6.07, 6.45) is 0. The highest BCUT2D eigenvalue weighted by atomic mass is 16.5. The van der Waals surface area contributed by atoms with E-state index in [4.69, 9.17) is 4.52 Å². The average molecular weight is 307 g/mol. The fraction of sp³-hybridized carbons (Fsp3) is 0.167. The molecular weight excluding hydrogens is 290 g/mol. The Bertz CT molecular complexity index is 795. The van der Waals surface area contributed by atoms with Crippen molar-refractivity contribution in [1.29, 1.82) is 0 Å². The van der Waals surface area contributed by atoms with E-state index in [0.717, 1.165) is 11.1 Å². The van der Waals surface area contributed by atoms with Crippen molar-refractivity contribution >= 4 is 5.91 Å². The summed E-state index contributed by atoms with van der Waals surface area (Å²) in [5.74, 6) is 0.855. The van der Waals surface area contributed by atoms with Gasteiger partial charge in [0.2, 0.25) is 11.7 Å². The molecule has 2 aromatic carbocycles. The second-order valence-corrected chi connectivity index (χ2v) is 5.40. The Balaban J connectivity index is 1.71. The number of rotatable bonds is 4. The number of amides is 1. The summed E-state index contributed by atoms with van der Waals surface area (Å²) >= 11 is 0. The molecule has 0 saturated heterocycles. The lowest BCUT2D eigenvalue weighted by Gasteiger charge is -2.14. The fourth-order valence-electron chi connectivity index (χ4n) is 2.21. The first kappa shape index (κ1) is 15.0. The summed E-state index contributed by atoms with van der Waals surface area (Å²) in [4.78, 5) is 18.3. The number of hydrogen-bond acceptors (Lipinski definition) is 4. The van der Waals surface area contributed by atoms with Crippen LogP contribution in [0.2, 0.25) is 0 Å². The maximum atomic E-state index is 12.4. The van der Waals surface area contributed by atoms with E-state index in [2.05, 4.69) is 10.1 Å². The molecule has 0 fully saturated rings. The Morgan fingerprint density at radius 2 is 1.78 bits per heavy atom. The minimum atomic E-state index is -0.0792. The van der Waals surface area contributed by atoms with E-state index < -0.39 is 0 Å². The van der Waals surface area contributed by atoms with Gasteiger partial charge in [0, 0.05) is 18.2 Å². The summed E-state index contributed by atoms with van der Waals surface area (Å²) in [5, 5.41) is 3.96. The Morgan fingerprint density at radius 1 is 1.09 bits per heavy atom. The van der Waals surface area contributed by atoms with Crippen molar-refractivity contribution in [1.82, 2.24) is 15.0 Å². The third-order valence-electron chi connectivity index (χ3n) is 3.52. The lowest BCUT2D eigenvalue weighted by Crippen LogP contribution is -2.26. The molecule has 0 aliphatic rings. The molecule has 0 saturated carbocycles. The van der Waals surface area contributed by atoms with E-state index in [0.29, 0.717) is 17.3 Å². The van der Waals surface area contributed by atoms with Gasteiger partial charge in [0.25, 0.3) is 5.91 Å². The van der Waals surface area contributed by atoms with Gasteiger partial charge in [-0.2, -0.15) is 4.98 Å². The SMILES string of the molecule is Cc1ccc(C(=O)N(C)Cc2nc(-c3ccccc3)no2)cc1. The Hall–Kier alpha value is -2.95. The average Bonchev–Trinajstić information content (AvgIpc) is 3.04. The topological polar surface area (TPSA) is 59.2 Å². The highest BCUT2D eigenvalue weighted by molar-refractivity contribution is 5.94. The van der Waals surface area contributed by atoms with E-state index in [1.807, 2.05) is 61.5 Å². The molecule has 0 aliphatic heterocycles. The molecule has 0 spiro atoms. The Labute approximate surface area is 134 Å². The van der Waals surface area contributed by atoms with Crippen molar-refractivity contribution in [2.24, 2.45) is 0 Å². The van der Waals surface area contributed by atoms with Crippen LogP contribution in [0, 0.1) is 6.92 Å². The van der Waals surface area contributed by atoms with Gasteiger partial charge in [-0.15, -0.1) is 0 Å². The van der Waals surface area contributed by atoms with Crippen LogP contribution in [0.15, 0.2) is 59.1 Å². The van der Waals surface area contributed by atoms with Gasteiger partial charge in [0.05, 0.1) is 6.54 Å². The molecule has 0 unspecified atom stereocenters. The predicted molar refractivity (Wildman–Crippen MR) is 86.7 cm³/mol. The molecule has 23 heavy (non-hydrogen) atoms.